The summed E-state index contributed by atoms with van der Waals surface area (Å²) in [7, 11) is -2.79. The van der Waals surface area contributed by atoms with Gasteiger partial charge in [-0.25, -0.2) is 13.4 Å². The van der Waals surface area contributed by atoms with E-state index in [1.54, 1.807) is 6.20 Å². The van der Waals surface area contributed by atoms with Crippen LogP contribution in [0, 0.1) is 0 Å². The fourth-order valence-corrected chi connectivity index (χ4v) is 3.60. The normalized spacial score (nSPS) is 20.6. The first-order valence-corrected chi connectivity index (χ1v) is 7.76. The van der Waals surface area contributed by atoms with Crippen LogP contribution in [0.1, 0.15) is 12.8 Å². The van der Waals surface area contributed by atoms with Crippen LogP contribution in [0.3, 0.4) is 0 Å². The molecule has 0 aliphatic carbocycles. The van der Waals surface area contributed by atoms with Crippen molar-refractivity contribution in [3.05, 3.63) is 22.9 Å². The number of sulfone groups is 1. The Kier molecular flexibility index (Phi) is 3.49. The second kappa shape index (κ2) is 4.71. The number of nitrogens with one attached hydrogen (secondary N) is 1. The summed E-state index contributed by atoms with van der Waals surface area (Å²) >= 11 is 3.35. The van der Waals surface area contributed by atoms with Gasteiger partial charge < -0.3 is 5.32 Å². The zero-order chi connectivity index (χ0) is 11.6. The monoisotopic (exact) mass is 304 g/mol. The number of hydrogen-bond acceptors (Lipinski definition) is 4. The topological polar surface area (TPSA) is 59.1 Å². The largest absolute Gasteiger partial charge is 0.380 e. The van der Waals surface area contributed by atoms with E-state index in [1.165, 1.54) is 0 Å². The summed E-state index contributed by atoms with van der Waals surface area (Å²) in [6.07, 6.45) is 3.05. The Morgan fingerprint density at radius 2 is 2.06 bits per heavy atom. The maximum atomic E-state index is 11.3. The molecule has 1 fully saturated rings. The van der Waals surface area contributed by atoms with E-state index >= 15 is 0 Å². The lowest BCUT2D eigenvalue weighted by atomic mass is 10.1. The molecule has 2 rings (SSSR count). The molecule has 0 spiro atoms. The van der Waals surface area contributed by atoms with Crippen molar-refractivity contribution >= 4 is 31.5 Å². The predicted molar refractivity (Wildman–Crippen MR) is 67.2 cm³/mol. The molecule has 1 saturated heterocycles. The fourth-order valence-electron chi connectivity index (χ4n) is 1.75. The minimum atomic E-state index is -2.79. The van der Waals surface area contributed by atoms with Crippen LogP contribution in [-0.2, 0) is 9.84 Å². The summed E-state index contributed by atoms with van der Waals surface area (Å²) in [5, 5.41) is 3.31. The minimum Gasteiger partial charge on any atom is -0.380 e. The van der Waals surface area contributed by atoms with E-state index in [-0.39, 0.29) is 17.5 Å². The highest BCUT2D eigenvalue weighted by molar-refractivity contribution is 9.10. The van der Waals surface area contributed by atoms with Gasteiger partial charge in [-0.2, -0.15) is 0 Å². The Hall–Kier alpha value is -0.620. The quantitative estimate of drug-likeness (QED) is 0.847. The van der Waals surface area contributed by atoms with Crippen molar-refractivity contribution < 1.29 is 8.42 Å². The molecule has 4 nitrogen and oxygen atoms in total. The van der Waals surface area contributed by atoms with Crippen LogP contribution in [0.5, 0.6) is 0 Å². The fraction of sp³-hybridized carbons (Fsp3) is 0.500. The molecule has 0 unspecified atom stereocenters. The second-order valence-corrected chi connectivity index (χ2v) is 6.97. The van der Waals surface area contributed by atoms with Gasteiger partial charge >= 0.3 is 0 Å². The lowest BCUT2D eigenvalue weighted by Crippen LogP contribution is -2.32. The molecule has 2 heterocycles. The first-order valence-electron chi connectivity index (χ1n) is 5.14. The molecule has 16 heavy (non-hydrogen) atoms. The van der Waals surface area contributed by atoms with E-state index in [2.05, 4.69) is 26.2 Å². The Morgan fingerprint density at radius 1 is 1.38 bits per heavy atom. The van der Waals surface area contributed by atoms with Crippen molar-refractivity contribution in [1.82, 2.24) is 4.98 Å². The average molecular weight is 305 g/mol. The first kappa shape index (κ1) is 11.9. The van der Waals surface area contributed by atoms with Crippen LogP contribution < -0.4 is 5.32 Å². The van der Waals surface area contributed by atoms with E-state index in [0.29, 0.717) is 12.8 Å². The van der Waals surface area contributed by atoms with Crippen LogP contribution in [-0.4, -0.2) is 30.9 Å². The van der Waals surface area contributed by atoms with Gasteiger partial charge in [0, 0.05) is 12.2 Å². The number of rotatable bonds is 2. The summed E-state index contributed by atoms with van der Waals surface area (Å²) in [6.45, 7) is 0. The molecule has 0 amide bonds. The number of halogens is 1. The molecule has 0 saturated carbocycles. The van der Waals surface area contributed by atoms with Crippen molar-refractivity contribution in [3.63, 3.8) is 0 Å². The second-order valence-electron chi connectivity index (χ2n) is 3.91. The molecule has 6 heteroatoms. The van der Waals surface area contributed by atoms with Gasteiger partial charge in [0.05, 0.1) is 17.2 Å². The Bertz CT molecular complexity index is 461. The van der Waals surface area contributed by atoms with Gasteiger partial charge in [-0.1, -0.05) is 0 Å². The molecular weight excluding hydrogens is 292 g/mol. The maximum absolute atomic E-state index is 11.3. The third-order valence-electron chi connectivity index (χ3n) is 2.67. The molecular formula is C10H13BrN2O2S. The molecule has 0 atom stereocenters. The average Bonchev–Trinajstić information content (AvgIpc) is 2.24. The standard InChI is InChI=1S/C10H13BrN2O2S/c11-10-9(2-1-5-12-10)13-8-3-6-16(14,15)7-4-8/h1-2,5,8,13H,3-4,6-7H2. The van der Waals surface area contributed by atoms with Crippen LogP contribution in [0.2, 0.25) is 0 Å². The molecule has 0 bridgehead atoms. The van der Waals surface area contributed by atoms with Crippen molar-refractivity contribution in [2.45, 2.75) is 18.9 Å². The lowest BCUT2D eigenvalue weighted by Gasteiger charge is -2.24. The summed E-state index contributed by atoms with van der Waals surface area (Å²) in [4.78, 5) is 4.11. The molecule has 0 aromatic carbocycles. The van der Waals surface area contributed by atoms with Crippen molar-refractivity contribution in [1.29, 1.82) is 0 Å². The van der Waals surface area contributed by atoms with Crippen molar-refractivity contribution in [2.24, 2.45) is 0 Å². The molecule has 0 radical (unpaired) electrons. The molecule has 88 valence electrons. The van der Waals surface area contributed by atoms with Gasteiger partial charge in [-0.3, -0.25) is 0 Å². The predicted octanol–water partition coefficient (Wildman–Crippen LogP) is 1.83. The summed E-state index contributed by atoms with van der Waals surface area (Å²) in [5.74, 6) is 0.561. The Morgan fingerprint density at radius 3 is 2.69 bits per heavy atom. The van der Waals surface area contributed by atoms with Crippen LogP contribution in [0.4, 0.5) is 5.69 Å². The van der Waals surface area contributed by atoms with Crippen LogP contribution in [0.15, 0.2) is 22.9 Å². The molecule has 1 aliphatic rings. The van der Waals surface area contributed by atoms with Gasteiger partial charge in [-0.05, 0) is 40.9 Å². The summed E-state index contributed by atoms with van der Waals surface area (Å²) in [6, 6.07) is 4.01. The Balaban J connectivity index is 2.00. The highest BCUT2D eigenvalue weighted by Crippen LogP contribution is 2.22. The van der Waals surface area contributed by atoms with Crippen LogP contribution in [0.25, 0.3) is 0 Å². The van der Waals surface area contributed by atoms with Gasteiger partial charge in [0.2, 0.25) is 0 Å². The van der Waals surface area contributed by atoms with Gasteiger partial charge in [0.15, 0.2) is 0 Å². The van der Waals surface area contributed by atoms with E-state index in [4.69, 9.17) is 0 Å². The first-order chi connectivity index (χ1) is 7.57. The number of pyridine rings is 1. The smallest absolute Gasteiger partial charge is 0.150 e. The van der Waals surface area contributed by atoms with E-state index in [0.717, 1.165) is 10.3 Å². The maximum Gasteiger partial charge on any atom is 0.150 e. The molecule has 1 N–H and O–H groups in total. The number of hydrogen-bond donors (Lipinski definition) is 1. The molecule has 1 aromatic rings. The zero-order valence-corrected chi connectivity index (χ0v) is 11.1. The lowest BCUT2D eigenvalue weighted by molar-refractivity contribution is 0.559. The van der Waals surface area contributed by atoms with Gasteiger partial charge in [-0.15, -0.1) is 0 Å². The van der Waals surface area contributed by atoms with Crippen molar-refractivity contribution in [2.75, 3.05) is 16.8 Å². The van der Waals surface area contributed by atoms with Crippen molar-refractivity contribution in [3.8, 4) is 0 Å². The Labute approximate surface area is 104 Å². The highest BCUT2D eigenvalue weighted by atomic mass is 79.9. The summed E-state index contributed by atoms with van der Waals surface area (Å²) < 4.78 is 23.3. The number of anilines is 1. The molecule has 1 aromatic heterocycles. The van der Waals surface area contributed by atoms with E-state index in [1.807, 2.05) is 12.1 Å². The van der Waals surface area contributed by atoms with E-state index in [9.17, 15) is 8.42 Å². The number of nitrogens with zero attached hydrogens (tertiary/aromatic N) is 1. The van der Waals surface area contributed by atoms with E-state index < -0.39 is 9.84 Å². The third-order valence-corrected chi connectivity index (χ3v) is 5.02. The van der Waals surface area contributed by atoms with Gasteiger partial charge in [0.1, 0.15) is 14.4 Å². The third kappa shape index (κ3) is 2.95. The van der Waals surface area contributed by atoms with Gasteiger partial charge in [0.25, 0.3) is 0 Å². The van der Waals surface area contributed by atoms with Crippen LogP contribution >= 0.6 is 15.9 Å². The minimum absolute atomic E-state index is 0.226. The molecule has 1 aliphatic heterocycles. The highest BCUT2D eigenvalue weighted by Gasteiger charge is 2.23. The zero-order valence-electron chi connectivity index (χ0n) is 8.69. The summed E-state index contributed by atoms with van der Waals surface area (Å²) in [5.41, 5.74) is 0.923. The SMILES string of the molecule is O=S1(=O)CCC(Nc2cccnc2Br)CC1. The number of aromatic nitrogens is 1.